The van der Waals surface area contributed by atoms with Crippen LogP contribution in [0.25, 0.3) is 17.0 Å². The van der Waals surface area contributed by atoms with E-state index in [0.717, 1.165) is 22.0 Å². The number of aromatic nitrogens is 2. The lowest BCUT2D eigenvalue weighted by Crippen LogP contribution is -2.40. The van der Waals surface area contributed by atoms with Crippen LogP contribution in [0.3, 0.4) is 0 Å². The molecule has 0 fully saturated rings. The van der Waals surface area contributed by atoms with Gasteiger partial charge in [-0.05, 0) is 68.3 Å². The number of carbonyl (C=O) groups excluding carboxylic acids is 1. The van der Waals surface area contributed by atoms with Gasteiger partial charge in [-0.15, -0.1) is 0 Å². The van der Waals surface area contributed by atoms with Crippen molar-refractivity contribution in [1.82, 2.24) is 9.13 Å². The Hall–Kier alpha value is -4.60. The van der Waals surface area contributed by atoms with Gasteiger partial charge in [0.15, 0.2) is 16.3 Å². The Morgan fingerprint density at radius 2 is 1.82 bits per heavy atom. The van der Waals surface area contributed by atoms with E-state index in [9.17, 15) is 9.59 Å². The van der Waals surface area contributed by atoms with Crippen LogP contribution in [0.4, 0.5) is 0 Å². The Balaban J connectivity index is 1.52. The molecule has 0 spiro atoms. The lowest BCUT2D eigenvalue weighted by atomic mass is 9.95. The van der Waals surface area contributed by atoms with Gasteiger partial charge in [-0.3, -0.25) is 9.36 Å². The zero-order chi connectivity index (χ0) is 31.7. The number of thiazole rings is 1. The maximum absolute atomic E-state index is 14.3. The van der Waals surface area contributed by atoms with E-state index in [4.69, 9.17) is 30.8 Å². The van der Waals surface area contributed by atoms with E-state index in [1.165, 1.54) is 11.3 Å². The molecule has 230 valence electrons. The van der Waals surface area contributed by atoms with Crippen molar-refractivity contribution in [3.8, 4) is 11.5 Å². The third kappa shape index (κ3) is 5.81. The lowest BCUT2D eigenvalue weighted by molar-refractivity contribution is -0.139. The molecule has 8 nitrogen and oxygen atoms in total. The van der Waals surface area contributed by atoms with Gasteiger partial charge in [0, 0.05) is 34.2 Å². The Kier molecular flexibility index (Phi) is 8.65. The van der Waals surface area contributed by atoms with Gasteiger partial charge in [0.1, 0.15) is 0 Å². The fourth-order valence-electron chi connectivity index (χ4n) is 5.69. The number of carbonyl (C=O) groups is 1. The standard InChI is InChI=1S/C35H32ClN3O5S/c1-5-43-29-17-23(13-16-28(29)42-4)32-31(34(41)44-6-2)21(3)37-35-39(32)33(40)30(45-35)18-24-20-38(27-10-8-7-9-26(24)27)19-22-11-14-25(36)15-12-22/h7-18,20,32H,5-6,19H2,1-4H3/b30-18+/t32-/m0/s1. The molecule has 0 saturated carbocycles. The first-order chi connectivity index (χ1) is 21.8. The fraction of sp³-hybridized carbons (Fsp3) is 0.229. The SMILES string of the molecule is CCOC(=O)C1=C(C)N=c2s/c(=C/c3cn(Cc4ccc(Cl)cc4)c4ccccc34)c(=O)n2[C@H]1c1ccc(OC)c(OCC)c1. The Morgan fingerprint density at radius 1 is 1.04 bits per heavy atom. The fourth-order valence-corrected chi connectivity index (χ4v) is 6.85. The van der Waals surface area contributed by atoms with Gasteiger partial charge in [0.05, 0.1) is 42.2 Å². The number of para-hydroxylation sites is 1. The maximum Gasteiger partial charge on any atom is 0.338 e. The van der Waals surface area contributed by atoms with E-state index in [-0.39, 0.29) is 12.2 Å². The van der Waals surface area contributed by atoms with E-state index in [0.29, 0.717) is 55.8 Å². The lowest BCUT2D eigenvalue weighted by Gasteiger charge is -2.25. The van der Waals surface area contributed by atoms with Crippen LogP contribution < -0.4 is 24.4 Å². The first-order valence-corrected chi connectivity index (χ1v) is 15.8. The molecule has 0 bridgehead atoms. The van der Waals surface area contributed by atoms with Gasteiger partial charge in [0.2, 0.25) is 0 Å². The van der Waals surface area contributed by atoms with Crippen molar-refractivity contribution < 1.29 is 19.0 Å². The number of rotatable bonds is 9. The molecule has 2 aromatic heterocycles. The van der Waals surface area contributed by atoms with Crippen molar-refractivity contribution in [1.29, 1.82) is 0 Å². The first-order valence-electron chi connectivity index (χ1n) is 14.7. The van der Waals surface area contributed by atoms with Crippen LogP contribution >= 0.6 is 22.9 Å². The molecular formula is C35H32ClN3O5S. The number of fused-ring (bicyclic) bond motifs is 2. The Morgan fingerprint density at radius 3 is 2.56 bits per heavy atom. The number of benzene rings is 3. The summed E-state index contributed by atoms with van der Waals surface area (Å²) in [4.78, 5) is 32.8. The summed E-state index contributed by atoms with van der Waals surface area (Å²) in [5, 5.41) is 1.71. The van der Waals surface area contributed by atoms with Crippen molar-refractivity contribution >= 4 is 45.9 Å². The number of nitrogens with zero attached hydrogens (tertiary/aromatic N) is 3. The maximum atomic E-state index is 14.3. The van der Waals surface area contributed by atoms with Gasteiger partial charge in [-0.1, -0.05) is 59.3 Å². The van der Waals surface area contributed by atoms with E-state index < -0.39 is 12.0 Å². The van der Waals surface area contributed by atoms with E-state index in [1.807, 2.05) is 61.5 Å². The van der Waals surface area contributed by atoms with Crippen LogP contribution in [0.15, 0.2) is 94.0 Å². The summed E-state index contributed by atoms with van der Waals surface area (Å²) >= 11 is 7.40. The van der Waals surface area contributed by atoms with Crippen molar-refractivity contribution in [2.45, 2.75) is 33.4 Å². The quantitative estimate of drug-likeness (QED) is 0.188. The van der Waals surface area contributed by atoms with E-state index in [1.54, 1.807) is 31.6 Å². The highest BCUT2D eigenvalue weighted by atomic mass is 35.5. The van der Waals surface area contributed by atoms with E-state index >= 15 is 0 Å². The molecule has 0 saturated heterocycles. The molecule has 0 unspecified atom stereocenters. The third-order valence-corrected chi connectivity index (χ3v) is 8.93. The Labute approximate surface area is 269 Å². The minimum atomic E-state index is -0.765. The number of esters is 1. The zero-order valence-electron chi connectivity index (χ0n) is 25.4. The second-order valence-corrected chi connectivity index (χ2v) is 11.9. The summed E-state index contributed by atoms with van der Waals surface area (Å²) in [6, 6.07) is 20.6. The molecule has 1 aliphatic heterocycles. The molecule has 5 aromatic rings. The van der Waals surface area contributed by atoms with Gasteiger partial charge in [-0.2, -0.15) is 0 Å². The number of hydrogen-bond acceptors (Lipinski definition) is 7. The van der Waals surface area contributed by atoms with Crippen LogP contribution in [-0.2, 0) is 16.1 Å². The Bertz CT molecular complexity index is 2130. The van der Waals surface area contributed by atoms with Crippen molar-refractivity contribution in [2.75, 3.05) is 20.3 Å². The largest absolute Gasteiger partial charge is 0.493 e. The molecule has 0 amide bonds. The van der Waals surface area contributed by atoms with Gasteiger partial charge < -0.3 is 18.8 Å². The second kappa shape index (κ2) is 12.8. The van der Waals surface area contributed by atoms with Crippen molar-refractivity contribution in [3.63, 3.8) is 0 Å². The third-order valence-electron chi connectivity index (χ3n) is 7.69. The summed E-state index contributed by atoms with van der Waals surface area (Å²) in [6.07, 6.45) is 3.96. The van der Waals surface area contributed by atoms with Gasteiger partial charge in [-0.25, -0.2) is 9.79 Å². The van der Waals surface area contributed by atoms with Crippen LogP contribution in [0, 0.1) is 0 Å². The molecule has 6 rings (SSSR count). The second-order valence-electron chi connectivity index (χ2n) is 10.5. The highest BCUT2D eigenvalue weighted by Gasteiger charge is 2.34. The molecular weight excluding hydrogens is 610 g/mol. The normalized spacial score (nSPS) is 14.8. The molecule has 0 aliphatic carbocycles. The molecule has 1 atom stereocenters. The summed E-state index contributed by atoms with van der Waals surface area (Å²) in [5.74, 6) is 0.560. The van der Waals surface area contributed by atoms with Crippen molar-refractivity contribution in [2.24, 2.45) is 4.99 Å². The average Bonchev–Trinajstić information content (AvgIpc) is 3.53. The summed E-state index contributed by atoms with van der Waals surface area (Å²) in [6.45, 7) is 6.67. The zero-order valence-corrected chi connectivity index (χ0v) is 26.9. The topological polar surface area (TPSA) is 84.1 Å². The number of ether oxygens (including phenoxy) is 3. The predicted octanol–water partition coefficient (Wildman–Crippen LogP) is 5.86. The monoisotopic (exact) mass is 641 g/mol. The molecule has 45 heavy (non-hydrogen) atoms. The smallest absolute Gasteiger partial charge is 0.338 e. The molecule has 0 radical (unpaired) electrons. The summed E-state index contributed by atoms with van der Waals surface area (Å²) in [5.41, 5.74) is 4.31. The number of allylic oxidation sites excluding steroid dienone is 1. The van der Waals surface area contributed by atoms with Crippen LogP contribution in [0.2, 0.25) is 5.02 Å². The summed E-state index contributed by atoms with van der Waals surface area (Å²) in [7, 11) is 1.57. The van der Waals surface area contributed by atoms with Gasteiger partial charge >= 0.3 is 5.97 Å². The molecule has 10 heteroatoms. The average molecular weight is 642 g/mol. The summed E-state index contributed by atoms with van der Waals surface area (Å²) < 4.78 is 21.0. The first kappa shape index (κ1) is 30.4. The van der Waals surface area contributed by atoms with Crippen molar-refractivity contribution in [3.05, 3.63) is 126 Å². The molecule has 0 N–H and O–H groups in total. The number of hydrogen-bond donors (Lipinski definition) is 0. The molecule has 3 aromatic carbocycles. The highest BCUT2D eigenvalue weighted by Crippen LogP contribution is 2.36. The molecule has 1 aliphatic rings. The highest BCUT2D eigenvalue weighted by molar-refractivity contribution is 7.07. The predicted molar refractivity (Wildman–Crippen MR) is 177 cm³/mol. The van der Waals surface area contributed by atoms with Crippen LogP contribution in [0.1, 0.15) is 43.5 Å². The van der Waals surface area contributed by atoms with Crippen LogP contribution in [-0.4, -0.2) is 35.4 Å². The number of methoxy groups -OCH3 is 1. The minimum absolute atomic E-state index is 0.194. The van der Waals surface area contributed by atoms with Gasteiger partial charge in [0.25, 0.3) is 5.56 Å². The molecule has 3 heterocycles. The minimum Gasteiger partial charge on any atom is -0.493 e. The van der Waals surface area contributed by atoms with E-state index in [2.05, 4.69) is 22.9 Å². The van der Waals surface area contributed by atoms with Crippen LogP contribution in [0.5, 0.6) is 11.5 Å². The number of halogens is 1.